The monoisotopic (exact) mass is 324 g/mol. The summed E-state index contributed by atoms with van der Waals surface area (Å²) in [5.41, 5.74) is 2.78. The lowest BCUT2D eigenvalue weighted by atomic mass is 10.2. The van der Waals surface area contributed by atoms with Crippen molar-refractivity contribution in [1.82, 2.24) is 9.29 Å². The second kappa shape index (κ2) is 4.69. The van der Waals surface area contributed by atoms with Gasteiger partial charge in [-0.15, -0.1) is 11.3 Å². The van der Waals surface area contributed by atoms with Crippen molar-refractivity contribution in [3.8, 4) is 11.5 Å². The van der Waals surface area contributed by atoms with Crippen LogP contribution in [0.5, 0.6) is 11.5 Å². The zero-order chi connectivity index (χ0) is 14.4. The number of sulfonamides is 1. The van der Waals surface area contributed by atoms with Crippen LogP contribution in [0.1, 0.15) is 10.6 Å². The molecule has 0 aliphatic carbocycles. The van der Waals surface area contributed by atoms with Gasteiger partial charge in [0, 0.05) is 23.9 Å². The molecule has 0 spiro atoms. The van der Waals surface area contributed by atoms with Gasteiger partial charge in [-0.3, -0.25) is 0 Å². The van der Waals surface area contributed by atoms with Crippen LogP contribution in [0.3, 0.4) is 0 Å². The summed E-state index contributed by atoms with van der Waals surface area (Å²) in [7, 11) is -3.53. The summed E-state index contributed by atoms with van der Waals surface area (Å²) in [6.45, 7) is 0.969. The molecular formula is C13H12N2O4S2. The molecule has 0 amide bonds. The molecule has 0 fully saturated rings. The highest BCUT2D eigenvalue weighted by Crippen LogP contribution is 2.35. The lowest BCUT2D eigenvalue weighted by Gasteiger charge is -2.25. The van der Waals surface area contributed by atoms with Gasteiger partial charge in [0.25, 0.3) is 0 Å². The van der Waals surface area contributed by atoms with E-state index in [1.54, 1.807) is 17.6 Å². The van der Waals surface area contributed by atoms with Crippen LogP contribution in [0, 0.1) is 0 Å². The van der Waals surface area contributed by atoms with E-state index in [0.717, 1.165) is 10.6 Å². The number of hydrogen-bond donors (Lipinski definition) is 0. The van der Waals surface area contributed by atoms with Gasteiger partial charge in [-0.25, -0.2) is 13.4 Å². The molecule has 110 valence electrons. The third kappa shape index (κ3) is 2.10. The third-order valence-corrected chi connectivity index (χ3v) is 6.33. The maximum atomic E-state index is 12.7. The summed E-state index contributed by atoms with van der Waals surface area (Å²) < 4.78 is 37.4. The number of nitrogens with zero attached hydrogens (tertiary/aromatic N) is 2. The maximum absolute atomic E-state index is 12.7. The molecule has 21 heavy (non-hydrogen) atoms. The van der Waals surface area contributed by atoms with Gasteiger partial charge in [-0.05, 0) is 12.1 Å². The van der Waals surface area contributed by atoms with Crippen molar-refractivity contribution in [2.75, 3.05) is 13.3 Å². The quantitative estimate of drug-likeness (QED) is 0.839. The first-order valence-electron chi connectivity index (χ1n) is 6.45. The molecule has 4 rings (SSSR count). The molecule has 0 saturated heterocycles. The molecular weight excluding hydrogens is 312 g/mol. The van der Waals surface area contributed by atoms with Crippen molar-refractivity contribution >= 4 is 21.4 Å². The minimum atomic E-state index is -3.53. The van der Waals surface area contributed by atoms with Crippen LogP contribution in [0.2, 0.25) is 0 Å². The smallest absolute Gasteiger partial charge is 0.243 e. The van der Waals surface area contributed by atoms with Gasteiger partial charge in [0.15, 0.2) is 11.5 Å². The van der Waals surface area contributed by atoms with Gasteiger partial charge >= 0.3 is 0 Å². The van der Waals surface area contributed by atoms with E-state index < -0.39 is 10.0 Å². The molecule has 2 aromatic rings. The van der Waals surface area contributed by atoms with Crippen LogP contribution < -0.4 is 9.47 Å². The van der Waals surface area contributed by atoms with E-state index >= 15 is 0 Å². The lowest BCUT2D eigenvalue weighted by molar-refractivity contribution is 0.174. The first-order chi connectivity index (χ1) is 10.1. The molecule has 3 heterocycles. The fourth-order valence-corrected chi connectivity index (χ4v) is 4.82. The van der Waals surface area contributed by atoms with Gasteiger partial charge in [-0.1, -0.05) is 0 Å². The second-order valence-electron chi connectivity index (χ2n) is 4.83. The summed E-state index contributed by atoms with van der Waals surface area (Å²) in [6, 6.07) is 4.72. The number of hydrogen-bond acceptors (Lipinski definition) is 6. The van der Waals surface area contributed by atoms with Crippen LogP contribution >= 0.6 is 11.3 Å². The van der Waals surface area contributed by atoms with Gasteiger partial charge in [0.1, 0.15) is 0 Å². The van der Waals surface area contributed by atoms with Crippen LogP contribution in [0.15, 0.2) is 28.6 Å². The Labute approximate surface area is 126 Å². The standard InChI is InChI=1S/C13H12N2O4S2/c16-21(17,9-1-2-11-12(5-9)19-8-18-11)15-4-3-10-13(6-15)20-7-14-10/h1-2,5,7H,3-4,6,8H2. The summed E-state index contributed by atoms with van der Waals surface area (Å²) in [5.74, 6) is 1.06. The molecule has 8 heteroatoms. The average molecular weight is 324 g/mol. The van der Waals surface area contributed by atoms with Crippen LogP contribution in [-0.4, -0.2) is 31.0 Å². The normalized spacial score (nSPS) is 17.7. The van der Waals surface area contributed by atoms with Gasteiger partial charge < -0.3 is 9.47 Å². The Balaban J connectivity index is 1.68. The van der Waals surface area contributed by atoms with Crippen molar-refractivity contribution in [2.45, 2.75) is 17.9 Å². The molecule has 2 aliphatic rings. The molecule has 0 radical (unpaired) electrons. The van der Waals surface area contributed by atoms with Crippen molar-refractivity contribution in [2.24, 2.45) is 0 Å². The molecule has 0 atom stereocenters. The largest absolute Gasteiger partial charge is 0.454 e. The zero-order valence-corrected chi connectivity index (χ0v) is 12.6. The molecule has 1 aromatic heterocycles. The summed E-state index contributed by atoms with van der Waals surface area (Å²) >= 11 is 1.50. The Kier molecular flexibility index (Phi) is 2.91. The first kappa shape index (κ1) is 13.1. The molecule has 0 N–H and O–H groups in total. The van der Waals surface area contributed by atoms with Crippen molar-refractivity contribution in [3.63, 3.8) is 0 Å². The number of rotatable bonds is 2. The van der Waals surface area contributed by atoms with Crippen LogP contribution in [0.4, 0.5) is 0 Å². The fraction of sp³-hybridized carbons (Fsp3) is 0.308. The minimum Gasteiger partial charge on any atom is -0.454 e. The lowest BCUT2D eigenvalue weighted by Crippen LogP contribution is -2.35. The van der Waals surface area contributed by atoms with Crippen molar-refractivity contribution in [3.05, 3.63) is 34.3 Å². The number of aromatic nitrogens is 1. The summed E-state index contributed by atoms with van der Waals surface area (Å²) in [4.78, 5) is 5.51. The highest BCUT2D eigenvalue weighted by molar-refractivity contribution is 7.89. The van der Waals surface area contributed by atoms with E-state index in [-0.39, 0.29) is 11.7 Å². The topological polar surface area (TPSA) is 68.7 Å². The van der Waals surface area contributed by atoms with Crippen molar-refractivity contribution in [1.29, 1.82) is 0 Å². The number of thiazole rings is 1. The van der Waals surface area contributed by atoms with E-state index in [9.17, 15) is 8.42 Å². The summed E-state index contributed by atoms with van der Waals surface area (Å²) in [5, 5.41) is 0. The van der Waals surface area contributed by atoms with E-state index in [1.807, 2.05) is 0 Å². The van der Waals surface area contributed by atoms with E-state index in [4.69, 9.17) is 9.47 Å². The number of ether oxygens (including phenoxy) is 2. The highest BCUT2D eigenvalue weighted by atomic mass is 32.2. The molecule has 0 bridgehead atoms. The Hall–Kier alpha value is -1.64. The Morgan fingerprint density at radius 1 is 1.24 bits per heavy atom. The molecule has 1 aromatic carbocycles. The third-order valence-electron chi connectivity index (χ3n) is 3.63. The van der Waals surface area contributed by atoms with Crippen LogP contribution in [-0.2, 0) is 23.0 Å². The number of benzene rings is 1. The zero-order valence-electron chi connectivity index (χ0n) is 11.0. The maximum Gasteiger partial charge on any atom is 0.243 e. The Morgan fingerprint density at radius 2 is 2.10 bits per heavy atom. The minimum absolute atomic E-state index is 0.132. The highest BCUT2D eigenvalue weighted by Gasteiger charge is 2.30. The van der Waals surface area contributed by atoms with Gasteiger partial charge in [0.2, 0.25) is 16.8 Å². The fourth-order valence-electron chi connectivity index (χ4n) is 2.49. The number of fused-ring (bicyclic) bond motifs is 2. The van der Waals surface area contributed by atoms with E-state index in [1.165, 1.54) is 21.7 Å². The molecule has 6 nitrogen and oxygen atoms in total. The van der Waals surface area contributed by atoms with Gasteiger partial charge in [0.05, 0.1) is 22.6 Å². The van der Waals surface area contributed by atoms with E-state index in [2.05, 4.69) is 4.98 Å². The van der Waals surface area contributed by atoms with Crippen molar-refractivity contribution < 1.29 is 17.9 Å². The SMILES string of the molecule is O=S(=O)(c1ccc2c(c1)OCO2)N1CCc2ncsc2C1. The van der Waals surface area contributed by atoms with Gasteiger partial charge in [-0.2, -0.15) is 4.31 Å². The molecule has 0 saturated carbocycles. The predicted octanol–water partition coefficient (Wildman–Crippen LogP) is 1.62. The van der Waals surface area contributed by atoms with E-state index in [0.29, 0.717) is 31.0 Å². The molecule has 2 aliphatic heterocycles. The second-order valence-corrected chi connectivity index (χ2v) is 7.70. The van der Waals surface area contributed by atoms with Crippen LogP contribution in [0.25, 0.3) is 0 Å². The average Bonchev–Trinajstić information content (AvgIpc) is 3.14. The summed E-state index contributed by atoms with van der Waals surface area (Å²) in [6.07, 6.45) is 0.655. The Morgan fingerprint density at radius 3 is 3.00 bits per heavy atom. The predicted molar refractivity (Wildman–Crippen MR) is 76.0 cm³/mol. The first-order valence-corrected chi connectivity index (χ1v) is 8.77. The Bertz CT molecular complexity index is 800. The molecule has 0 unspecified atom stereocenters.